The molecule has 0 bridgehead atoms. The Hall–Kier alpha value is -4.53. The van der Waals surface area contributed by atoms with Crippen molar-refractivity contribution in [2.24, 2.45) is 7.05 Å². The molecule has 0 fully saturated rings. The van der Waals surface area contributed by atoms with Crippen molar-refractivity contribution in [2.45, 2.75) is 6.04 Å². The smallest absolute Gasteiger partial charge is 0.327 e. The number of amides is 1. The van der Waals surface area contributed by atoms with Gasteiger partial charge in [-0.2, -0.15) is 0 Å². The average Bonchev–Trinajstić information content (AvgIpc) is 3.14. The lowest BCUT2D eigenvalue weighted by Gasteiger charge is -2.19. The van der Waals surface area contributed by atoms with Crippen LogP contribution in [0.1, 0.15) is 27.8 Å². The number of nitrogens with one attached hydrogen (secondary N) is 3. The molecule has 3 aromatic heterocycles. The maximum absolute atomic E-state index is 13.2. The molecule has 3 heterocycles. The maximum Gasteiger partial charge on any atom is 0.327 e. The Morgan fingerprint density at radius 2 is 1.78 bits per heavy atom. The molecule has 3 N–H and O–H groups in total. The van der Waals surface area contributed by atoms with Gasteiger partial charge in [0.05, 0.1) is 22.0 Å². The van der Waals surface area contributed by atoms with Crippen molar-refractivity contribution < 1.29 is 4.79 Å². The fraction of sp³-hybridized carbons (Fsp3) is 0.0870. The molecule has 0 saturated carbocycles. The van der Waals surface area contributed by atoms with Crippen LogP contribution in [0.5, 0.6) is 0 Å². The number of hydrogen-bond acceptors (Lipinski definition) is 5. The molecule has 2 aromatic carbocycles. The van der Waals surface area contributed by atoms with E-state index in [9.17, 15) is 14.4 Å². The first-order valence-corrected chi connectivity index (χ1v) is 9.91. The van der Waals surface area contributed by atoms with Crippen molar-refractivity contribution in [3.05, 3.63) is 105 Å². The van der Waals surface area contributed by atoms with Gasteiger partial charge in [0.1, 0.15) is 17.5 Å². The monoisotopic (exact) mass is 426 g/mol. The molecule has 5 aromatic rings. The highest BCUT2D eigenvalue weighted by Gasteiger charge is 2.23. The van der Waals surface area contributed by atoms with E-state index in [1.54, 1.807) is 0 Å². The topological polar surface area (TPSA) is 126 Å². The highest BCUT2D eigenvalue weighted by atomic mass is 16.2. The van der Waals surface area contributed by atoms with E-state index >= 15 is 0 Å². The van der Waals surface area contributed by atoms with E-state index in [4.69, 9.17) is 4.98 Å². The second-order valence-corrected chi connectivity index (χ2v) is 7.36. The van der Waals surface area contributed by atoms with Gasteiger partial charge in [-0.05, 0) is 23.8 Å². The predicted molar refractivity (Wildman–Crippen MR) is 119 cm³/mol. The highest BCUT2D eigenvalue weighted by molar-refractivity contribution is 5.97. The Balaban J connectivity index is 1.58. The van der Waals surface area contributed by atoms with Crippen molar-refractivity contribution in [2.75, 3.05) is 0 Å². The SMILES string of the molecule is Cn1c(C(NC(=O)c2cnc3[nH]c(=O)[nH]c(=O)c3c2)c2ccccc2)nc2ccccc21. The third-order valence-electron chi connectivity index (χ3n) is 5.34. The molecule has 0 radical (unpaired) electrons. The number of rotatable bonds is 4. The lowest BCUT2D eigenvalue weighted by atomic mass is 10.1. The number of aromatic amines is 2. The molecule has 32 heavy (non-hydrogen) atoms. The van der Waals surface area contributed by atoms with Crippen LogP contribution in [0.15, 0.2) is 76.4 Å². The molecule has 5 rings (SSSR count). The molecule has 9 nitrogen and oxygen atoms in total. The molecule has 0 spiro atoms. The number of benzene rings is 2. The number of H-pyrrole nitrogens is 2. The third-order valence-corrected chi connectivity index (χ3v) is 5.34. The van der Waals surface area contributed by atoms with E-state index in [0.29, 0.717) is 5.82 Å². The van der Waals surface area contributed by atoms with Gasteiger partial charge in [0, 0.05) is 13.2 Å². The van der Waals surface area contributed by atoms with Crippen LogP contribution in [0.25, 0.3) is 22.1 Å². The van der Waals surface area contributed by atoms with Crippen LogP contribution in [0, 0.1) is 0 Å². The Kier molecular flexibility index (Phi) is 4.63. The molecule has 1 atom stereocenters. The predicted octanol–water partition coefficient (Wildman–Crippen LogP) is 2.02. The number of carbonyl (C=O) groups is 1. The first-order chi connectivity index (χ1) is 15.5. The largest absolute Gasteiger partial charge is 0.338 e. The Morgan fingerprint density at radius 3 is 2.56 bits per heavy atom. The zero-order valence-corrected chi connectivity index (χ0v) is 17.0. The summed E-state index contributed by atoms with van der Waals surface area (Å²) in [4.78, 5) is 50.2. The highest BCUT2D eigenvalue weighted by Crippen LogP contribution is 2.25. The first-order valence-electron chi connectivity index (χ1n) is 9.91. The van der Waals surface area contributed by atoms with Gasteiger partial charge in [-0.25, -0.2) is 14.8 Å². The summed E-state index contributed by atoms with van der Waals surface area (Å²) in [7, 11) is 1.90. The van der Waals surface area contributed by atoms with Crippen LogP contribution < -0.4 is 16.6 Å². The summed E-state index contributed by atoms with van der Waals surface area (Å²) < 4.78 is 1.95. The van der Waals surface area contributed by atoms with Gasteiger partial charge in [0.15, 0.2) is 0 Å². The summed E-state index contributed by atoms with van der Waals surface area (Å²) in [6, 6.07) is 18.1. The molecule has 0 aliphatic rings. The summed E-state index contributed by atoms with van der Waals surface area (Å²) in [6.45, 7) is 0. The number of hydrogen-bond donors (Lipinski definition) is 3. The summed E-state index contributed by atoms with van der Waals surface area (Å²) in [6.07, 6.45) is 1.32. The number of carbonyl (C=O) groups excluding carboxylic acids is 1. The second-order valence-electron chi connectivity index (χ2n) is 7.36. The van der Waals surface area contributed by atoms with E-state index in [1.807, 2.05) is 66.2 Å². The number of aromatic nitrogens is 5. The van der Waals surface area contributed by atoms with Crippen molar-refractivity contribution in [1.82, 2.24) is 29.8 Å². The van der Waals surface area contributed by atoms with Gasteiger partial charge >= 0.3 is 5.69 Å². The minimum atomic E-state index is -0.654. The minimum Gasteiger partial charge on any atom is -0.338 e. The van der Waals surface area contributed by atoms with Crippen molar-refractivity contribution in [3.8, 4) is 0 Å². The summed E-state index contributed by atoms with van der Waals surface area (Å²) in [5.74, 6) is 0.243. The van der Waals surface area contributed by atoms with E-state index < -0.39 is 23.2 Å². The first kappa shape index (κ1) is 19.4. The van der Waals surface area contributed by atoms with Gasteiger partial charge in [-0.3, -0.25) is 19.6 Å². The zero-order valence-electron chi connectivity index (χ0n) is 17.0. The zero-order chi connectivity index (χ0) is 22.2. The summed E-state index contributed by atoms with van der Waals surface area (Å²) >= 11 is 0. The molecule has 1 unspecified atom stereocenters. The third kappa shape index (κ3) is 3.35. The molecule has 0 aliphatic carbocycles. The quantitative estimate of drug-likeness (QED) is 0.405. The van der Waals surface area contributed by atoms with Crippen LogP contribution in [-0.2, 0) is 7.05 Å². The van der Waals surface area contributed by atoms with Crippen molar-refractivity contribution >= 4 is 28.0 Å². The fourth-order valence-electron chi connectivity index (χ4n) is 3.75. The molecule has 0 aliphatic heterocycles. The van der Waals surface area contributed by atoms with E-state index in [2.05, 4.69) is 20.3 Å². The minimum absolute atomic E-state index is 0.116. The number of aryl methyl sites for hydroxylation is 1. The standard InChI is InChI=1S/C23H18N6O3/c1-29-17-10-6-5-9-16(17)25-20(29)18(13-7-3-2-4-8-13)26-21(30)14-11-15-19(24-12-14)27-23(32)28-22(15)31/h2-12,18H,1H3,(H,26,30)(H2,24,27,28,31,32). The Bertz CT molecular complexity index is 1580. The Morgan fingerprint density at radius 1 is 1.03 bits per heavy atom. The van der Waals surface area contributed by atoms with Gasteiger partial charge in [-0.1, -0.05) is 42.5 Å². The summed E-state index contributed by atoms with van der Waals surface area (Å²) in [5, 5.41) is 3.14. The van der Waals surface area contributed by atoms with Crippen molar-refractivity contribution in [3.63, 3.8) is 0 Å². The number of nitrogens with zero attached hydrogens (tertiary/aromatic N) is 3. The van der Waals surface area contributed by atoms with Crippen LogP contribution in [0.3, 0.4) is 0 Å². The normalized spacial score (nSPS) is 12.2. The lowest BCUT2D eigenvalue weighted by molar-refractivity contribution is 0.0941. The van der Waals surface area contributed by atoms with Crippen LogP contribution >= 0.6 is 0 Å². The molecular weight excluding hydrogens is 408 g/mol. The number of pyridine rings is 1. The Labute approximate surface area is 180 Å². The van der Waals surface area contributed by atoms with Gasteiger partial charge in [0.2, 0.25) is 0 Å². The second kappa shape index (κ2) is 7.62. The van der Waals surface area contributed by atoms with Crippen LogP contribution in [0.4, 0.5) is 0 Å². The number of para-hydroxylation sites is 2. The number of fused-ring (bicyclic) bond motifs is 2. The maximum atomic E-state index is 13.2. The van der Waals surface area contributed by atoms with Crippen LogP contribution in [0.2, 0.25) is 0 Å². The molecule has 158 valence electrons. The molecule has 9 heteroatoms. The van der Waals surface area contributed by atoms with E-state index in [1.165, 1.54) is 12.3 Å². The van der Waals surface area contributed by atoms with Crippen molar-refractivity contribution in [1.29, 1.82) is 0 Å². The van der Waals surface area contributed by atoms with Gasteiger partial charge in [0.25, 0.3) is 11.5 Å². The molecular formula is C23H18N6O3. The number of imidazole rings is 1. The van der Waals surface area contributed by atoms with Crippen LogP contribution in [-0.4, -0.2) is 30.4 Å². The lowest BCUT2D eigenvalue weighted by Crippen LogP contribution is -2.31. The van der Waals surface area contributed by atoms with Gasteiger partial charge in [-0.15, -0.1) is 0 Å². The molecule has 1 amide bonds. The van der Waals surface area contributed by atoms with Gasteiger partial charge < -0.3 is 9.88 Å². The van der Waals surface area contributed by atoms with E-state index in [0.717, 1.165) is 16.6 Å². The molecule has 0 saturated heterocycles. The average molecular weight is 426 g/mol. The fourth-order valence-corrected chi connectivity index (χ4v) is 3.75. The summed E-state index contributed by atoms with van der Waals surface area (Å²) in [5.41, 5.74) is 1.66. The van der Waals surface area contributed by atoms with E-state index in [-0.39, 0.29) is 16.6 Å².